The van der Waals surface area contributed by atoms with Crippen LogP contribution >= 0.6 is 0 Å². The van der Waals surface area contributed by atoms with E-state index in [2.05, 4.69) is 16.1 Å². The summed E-state index contributed by atoms with van der Waals surface area (Å²) in [6.45, 7) is 2.75. The average Bonchev–Trinajstić information content (AvgIpc) is 3.33. The summed E-state index contributed by atoms with van der Waals surface area (Å²) in [5, 5.41) is 12.2. The number of carbonyl (C=O) groups excluding carboxylic acids is 4. The summed E-state index contributed by atoms with van der Waals surface area (Å²) < 4.78 is 47.6. The Morgan fingerprint density at radius 1 is 1.20 bits per heavy atom. The van der Waals surface area contributed by atoms with Gasteiger partial charge in [0.15, 0.2) is 0 Å². The fourth-order valence-electron chi connectivity index (χ4n) is 5.08. The Morgan fingerprint density at radius 2 is 1.95 bits per heavy atom. The first-order valence-corrected chi connectivity index (χ1v) is 14.3. The molecular formula is C31H35F3N4O6. The van der Waals surface area contributed by atoms with Crippen LogP contribution in [0.25, 0.3) is 0 Å². The summed E-state index contributed by atoms with van der Waals surface area (Å²) in [7, 11) is 1.47. The van der Waals surface area contributed by atoms with Crippen molar-refractivity contribution in [3.63, 3.8) is 0 Å². The van der Waals surface area contributed by atoms with E-state index in [-0.39, 0.29) is 63.1 Å². The molecule has 3 amide bonds. The van der Waals surface area contributed by atoms with E-state index < -0.39 is 24.1 Å². The number of hydrogen-bond acceptors (Lipinski definition) is 7. The number of alkyl halides is 3. The van der Waals surface area contributed by atoms with E-state index in [1.54, 1.807) is 36.1 Å². The van der Waals surface area contributed by atoms with Gasteiger partial charge in [-0.15, -0.1) is 13.2 Å². The van der Waals surface area contributed by atoms with Crippen LogP contribution < -0.4 is 14.8 Å². The molecule has 0 saturated carbocycles. The Labute approximate surface area is 253 Å². The van der Waals surface area contributed by atoms with Gasteiger partial charge in [-0.05, 0) is 56.0 Å². The van der Waals surface area contributed by atoms with Crippen molar-refractivity contribution < 1.29 is 41.8 Å². The molecule has 1 aliphatic rings. The van der Waals surface area contributed by atoms with Gasteiger partial charge in [0.05, 0.1) is 25.1 Å². The van der Waals surface area contributed by atoms with Crippen molar-refractivity contribution in [1.82, 2.24) is 15.1 Å². The molecule has 1 aliphatic heterocycles. The maximum absolute atomic E-state index is 13.1. The molecule has 0 fully saturated rings. The molecule has 2 aromatic rings. The first kappa shape index (κ1) is 33.9. The molecule has 0 bridgehead atoms. The van der Waals surface area contributed by atoms with E-state index >= 15 is 0 Å². The van der Waals surface area contributed by atoms with Gasteiger partial charge in [-0.25, -0.2) is 0 Å². The van der Waals surface area contributed by atoms with Gasteiger partial charge < -0.3 is 29.4 Å². The van der Waals surface area contributed by atoms with Crippen molar-refractivity contribution in [3.05, 3.63) is 59.2 Å². The molecule has 1 N–H and O–H groups in total. The average molecular weight is 617 g/mol. The predicted molar refractivity (Wildman–Crippen MR) is 153 cm³/mol. The first-order valence-electron chi connectivity index (χ1n) is 14.3. The van der Waals surface area contributed by atoms with Crippen LogP contribution in [0.2, 0.25) is 0 Å². The number of fused-ring (bicyclic) bond motifs is 1. The number of likely N-dealkylation sites (N-methyl/N-ethyl adjacent to an activating group) is 1. The molecular weight excluding hydrogens is 581 g/mol. The van der Waals surface area contributed by atoms with Gasteiger partial charge in [0.2, 0.25) is 11.8 Å². The number of nitrogens with one attached hydrogen (secondary N) is 1. The summed E-state index contributed by atoms with van der Waals surface area (Å²) >= 11 is 0. The highest BCUT2D eigenvalue weighted by Crippen LogP contribution is 2.33. The lowest BCUT2D eigenvalue weighted by Crippen LogP contribution is -2.46. The van der Waals surface area contributed by atoms with Crippen molar-refractivity contribution in [2.75, 3.05) is 26.7 Å². The molecule has 3 rings (SSSR count). The minimum atomic E-state index is -4.85. The lowest BCUT2D eigenvalue weighted by atomic mass is 9.96. The van der Waals surface area contributed by atoms with Crippen LogP contribution in [-0.2, 0) is 20.9 Å². The van der Waals surface area contributed by atoms with E-state index in [0.717, 1.165) is 6.07 Å². The molecule has 2 atom stereocenters. The highest BCUT2D eigenvalue weighted by Gasteiger charge is 2.37. The Hall–Kier alpha value is -4.60. The zero-order chi connectivity index (χ0) is 32.3. The lowest BCUT2D eigenvalue weighted by Gasteiger charge is -2.25. The van der Waals surface area contributed by atoms with E-state index in [0.29, 0.717) is 41.7 Å². The monoisotopic (exact) mass is 616 g/mol. The van der Waals surface area contributed by atoms with Crippen LogP contribution in [0, 0.1) is 11.3 Å². The van der Waals surface area contributed by atoms with E-state index in [9.17, 15) is 37.6 Å². The highest BCUT2D eigenvalue weighted by molar-refractivity contribution is 6.01. The first-order chi connectivity index (χ1) is 21.0. The number of rotatable bonds is 16. The third kappa shape index (κ3) is 8.95. The zero-order valence-electron chi connectivity index (χ0n) is 24.6. The number of ether oxygens (including phenoxy) is 2. The van der Waals surface area contributed by atoms with Gasteiger partial charge >= 0.3 is 6.36 Å². The van der Waals surface area contributed by atoms with Gasteiger partial charge in [0.1, 0.15) is 23.8 Å². The molecule has 1 heterocycles. The van der Waals surface area contributed by atoms with Crippen LogP contribution in [0.1, 0.15) is 66.4 Å². The number of carbonyl (C=O) groups is 4. The summed E-state index contributed by atoms with van der Waals surface area (Å²) in [5.41, 5.74) is 1.41. The molecule has 10 nitrogen and oxygen atoms in total. The van der Waals surface area contributed by atoms with Gasteiger partial charge in [0, 0.05) is 44.1 Å². The normalized spacial score (nSPS) is 13.8. The summed E-state index contributed by atoms with van der Waals surface area (Å²) in [6, 6.07) is 11.6. The molecule has 0 spiro atoms. The minimum Gasteiger partial charge on any atom is -0.493 e. The molecule has 0 radical (unpaired) electrons. The molecule has 13 heteroatoms. The van der Waals surface area contributed by atoms with Crippen LogP contribution in [0.4, 0.5) is 13.2 Å². The van der Waals surface area contributed by atoms with E-state index in [1.165, 1.54) is 24.1 Å². The van der Waals surface area contributed by atoms with Crippen molar-refractivity contribution in [1.29, 1.82) is 5.26 Å². The van der Waals surface area contributed by atoms with Crippen LogP contribution in [0.15, 0.2) is 42.5 Å². The highest BCUT2D eigenvalue weighted by atomic mass is 19.4. The number of amides is 3. The molecule has 2 aromatic carbocycles. The Morgan fingerprint density at radius 3 is 2.61 bits per heavy atom. The number of nitrogens with zero attached hydrogens (tertiary/aromatic N) is 3. The van der Waals surface area contributed by atoms with Crippen LogP contribution in [-0.4, -0.2) is 73.0 Å². The second-order valence-electron chi connectivity index (χ2n) is 10.1. The largest absolute Gasteiger partial charge is 0.573 e. The molecule has 0 saturated heterocycles. The van der Waals surface area contributed by atoms with Gasteiger partial charge in [0.25, 0.3) is 5.91 Å². The fraction of sp³-hybridized carbons (Fsp3) is 0.452. The SMILES string of the molecule is CCN(CC[C@@H](C#N)c1cccc(OC(F)(F)F)c1)C(=O)CCCOc1cccc2c1CN(C(CCC=O)C(=O)NC)C2=O. The number of hydrogen-bond donors (Lipinski definition) is 1. The van der Waals surface area contributed by atoms with Crippen molar-refractivity contribution in [3.8, 4) is 17.6 Å². The van der Waals surface area contributed by atoms with Gasteiger partial charge in [-0.1, -0.05) is 18.2 Å². The number of benzene rings is 2. The molecule has 236 valence electrons. The number of aldehydes is 1. The van der Waals surface area contributed by atoms with Crippen LogP contribution in [0.3, 0.4) is 0 Å². The minimum absolute atomic E-state index is 0.131. The second-order valence-corrected chi connectivity index (χ2v) is 10.1. The quantitative estimate of drug-likeness (QED) is 0.220. The lowest BCUT2D eigenvalue weighted by molar-refractivity contribution is -0.274. The molecule has 44 heavy (non-hydrogen) atoms. The fourth-order valence-corrected chi connectivity index (χ4v) is 5.08. The summed E-state index contributed by atoms with van der Waals surface area (Å²) in [4.78, 5) is 52.3. The molecule has 0 aliphatic carbocycles. The van der Waals surface area contributed by atoms with Gasteiger partial charge in [-0.3, -0.25) is 14.4 Å². The summed E-state index contributed by atoms with van der Waals surface area (Å²) in [6.07, 6.45) is -3.06. The molecule has 0 aromatic heterocycles. The topological polar surface area (TPSA) is 129 Å². The second kappa shape index (κ2) is 15.7. The number of halogens is 3. The molecule has 1 unspecified atom stereocenters. The Bertz CT molecular complexity index is 1380. The third-order valence-corrected chi connectivity index (χ3v) is 7.30. The third-order valence-electron chi connectivity index (χ3n) is 7.30. The maximum atomic E-state index is 13.1. The summed E-state index contributed by atoms with van der Waals surface area (Å²) in [5.74, 6) is -1.53. The maximum Gasteiger partial charge on any atom is 0.573 e. The van der Waals surface area contributed by atoms with Crippen LogP contribution in [0.5, 0.6) is 11.5 Å². The van der Waals surface area contributed by atoms with Crippen molar-refractivity contribution >= 4 is 24.0 Å². The van der Waals surface area contributed by atoms with Crippen molar-refractivity contribution in [2.45, 2.75) is 63.9 Å². The van der Waals surface area contributed by atoms with E-state index in [4.69, 9.17) is 4.74 Å². The van der Waals surface area contributed by atoms with E-state index in [1.807, 2.05) is 0 Å². The number of nitriles is 1. The smallest absolute Gasteiger partial charge is 0.493 e. The predicted octanol–water partition coefficient (Wildman–Crippen LogP) is 4.34. The van der Waals surface area contributed by atoms with Crippen molar-refractivity contribution in [2.24, 2.45) is 0 Å². The zero-order valence-corrected chi connectivity index (χ0v) is 24.6. The Balaban J connectivity index is 1.54. The Kier molecular flexibility index (Phi) is 12.1. The van der Waals surface area contributed by atoms with Gasteiger partial charge in [-0.2, -0.15) is 5.26 Å². The standard InChI is InChI=1S/C31H35F3N4O6/c1-3-37(15-14-22(19-35)21-8-4-9-23(18-21)44-31(32,33)34)28(40)13-7-17-43-27-12-5-10-24-25(27)20-38(30(24)42)26(11-6-16-39)29(41)36-2/h4-5,8-10,12,16,18,22,26H,3,6-7,11,13-15,17,20H2,1-2H3,(H,36,41)/t22-,26?/m0/s1.